The zero-order valence-corrected chi connectivity index (χ0v) is 17.6. The first-order valence-corrected chi connectivity index (χ1v) is 10.2. The van der Waals surface area contributed by atoms with Crippen LogP contribution in [0.5, 0.6) is 11.5 Å². The van der Waals surface area contributed by atoms with E-state index < -0.39 is 5.97 Å². The van der Waals surface area contributed by atoms with Crippen LogP contribution in [0.25, 0.3) is 0 Å². The second-order valence-corrected chi connectivity index (χ2v) is 8.33. The number of halogens is 2. The van der Waals surface area contributed by atoms with Crippen molar-refractivity contribution in [1.29, 1.82) is 0 Å². The van der Waals surface area contributed by atoms with E-state index in [1.165, 1.54) is 0 Å². The molecule has 0 bridgehead atoms. The molecule has 1 fully saturated rings. The maximum Gasteiger partial charge on any atom is 0.324 e. The molecule has 2 heterocycles. The summed E-state index contributed by atoms with van der Waals surface area (Å²) in [7, 11) is 0. The molecule has 7 nitrogen and oxygen atoms in total. The predicted molar refractivity (Wildman–Crippen MR) is 111 cm³/mol. The van der Waals surface area contributed by atoms with Gasteiger partial charge < -0.3 is 19.5 Å². The summed E-state index contributed by atoms with van der Waals surface area (Å²) in [6.45, 7) is 1.06. The fourth-order valence-electron chi connectivity index (χ4n) is 3.59. The van der Waals surface area contributed by atoms with Crippen LogP contribution in [0.4, 0.5) is 10.5 Å². The molecule has 0 aromatic heterocycles. The third-order valence-electron chi connectivity index (χ3n) is 4.93. The van der Waals surface area contributed by atoms with Gasteiger partial charge in [-0.1, -0.05) is 27.5 Å². The zero-order valence-electron chi connectivity index (χ0n) is 15.3. The Bertz CT molecular complexity index is 953. The maximum atomic E-state index is 13.2. The molecule has 0 spiro atoms. The third-order valence-corrected chi connectivity index (χ3v) is 5.81. The highest BCUT2D eigenvalue weighted by molar-refractivity contribution is 9.10. The molecule has 2 amide bonds. The van der Waals surface area contributed by atoms with Gasteiger partial charge in [-0.15, -0.1) is 0 Å². The van der Waals surface area contributed by atoms with E-state index in [9.17, 15) is 14.7 Å². The third kappa shape index (κ3) is 4.28. The second kappa shape index (κ2) is 8.12. The van der Waals surface area contributed by atoms with Crippen molar-refractivity contribution >= 4 is 45.2 Å². The van der Waals surface area contributed by atoms with Gasteiger partial charge in [-0.3, -0.25) is 9.69 Å². The van der Waals surface area contributed by atoms with Gasteiger partial charge in [-0.25, -0.2) is 4.79 Å². The van der Waals surface area contributed by atoms with Gasteiger partial charge in [0.05, 0.1) is 6.42 Å². The highest BCUT2D eigenvalue weighted by Crippen LogP contribution is 2.38. The molecule has 4 rings (SSSR count). The molecule has 152 valence electrons. The number of nitrogens with zero attached hydrogens (tertiary/aromatic N) is 2. The van der Waals surface area contributed by atoms with Crippen LogP contribution < -0.4 is 14.4 Å². The molecule has 2 aromatic rings. The number of carbonyl (C=O) groups excluding carboxylic acids is 1. The number of carboxylic acids is 1. The SMILES string of the molecule is O=C(O)CC1CN(Cc2cc3c(cc2Cl)OCO3)C(=O)N(c2ccc(Br)cc2)C1. The topological polar surface area (TPSA) is 79.3 Å². The quantitative estimate of drug-likeness (QED) is 0.686. The van der Waals surface area contributed by atoms with E-state index in [0.29, 0.717) is 29.6 Å². The van der Waals surface area contributed by atoms with Crippen LogP contribution in [0.3, 0.4) is 0 Å². The fourth-order valence-corrected chi connectivity index (χ4v) is 4.06. The van der Waals surface area contributed by atoms with Crippen molar-refractivity contribution < 1.29 is 24.2 Å². The molecule has 1 N–H and O–H groups in total. The Hall–Kier alpha value is -2.45. The first-order chi connectivity index (χ1) is 13.9. The lowest BCUT2D eigenvalue weighted by atomic mass is 10.0. The van der Waals surface area contributed by atoms with E-state index in [0.717, 1.165) is 15.7 Å². The molecule has 2 aromatic carbocycles. The number of anilines is 1. The summed E-state index contributed by atoms with van der Waals surface area (Å²) in [5, 5.41) is 9.74. The number of urea groups is 1. The monoisotopic (exact) mass is 480 g/mol. The number of hydrogen-bond acceptors (Lipinski definition) is 4. The Balaban J connectivity index is 1.61. The van der Waals surface area contributed by atoms with E-state index in [2.05, 4.69) is 15.9 Å². The van der Waals surface area contributed by atoms with Gasteiger partial charge in [0.1, 0.15) is 0 Å². The van der Waals surface area contributed by atoms with Crippen molar-refractivity contribution in [2.24, 2.45) is 5.92 Å². The lowest BCUT2D eigenvalue weighted by Gasteiger charge is -2.40. The number of ether oxygens (including phenoxy) is 2. The van der Waals surface area contributed by atoms with Gasteiger partial charge in [0.15, 0.2) is 11.5 Å². The largest absolute Gasteiger partial charge is 0.481 e. The van der Waals surface area contributed by atoms with E-state index in [4.69, 9.17) is 21.1 Å². The van der Waals surface area contributed by atoms with Crippen molar-refractivity contribution in [2.75, 3.05) is 24.8 Å². The number of hydrogen-bond donors (Lipinski definition) is 1. The number of benzene rings is 2. The predicted octanol–water partition coefficient (Wildman–Crippen LogP) is 4.36. The summed E-state index contributed by atoms with van der Waals surface area (Å²) < 4.78 is 11.6. The van der Waals surface area contributed by atoms with Gasteiger partial charge >= 0.3 is 12.0 Å². The van der Waals surface area contributed by atoms with Crippen molar-refractivity contribution in [3.8, 4) is 11.5 Å². The minimum Gasteiger partial charge on any atom is -0.481 e. The average molecular weight is 482 g/mol. The van der Waals surface area contributed by atoms with Gasteiger partial charge in [-0.05, 0) is 35.9 Å². The molecule has 1 atom stereocenters. The van der Waals surface area contributed by atoms with E-state index in [1.807, 2.05) is 24.3 Å². The van der Waals surface area contributed by atoms with Crippen LogP contribution in [0.2, 0.25) is 5.02 Å². The number of fused-ring (bicyclic) bond motifs is 1. The maximum absolute atomic E-state index is 13.2. The van der Waals surface area contributed by atoms with Gasteiger partial charge in [0.2, 0.25) is 6.79 Å². The normalized spacial score (nSPS) is 18.3. The van der Waals surface area contributed by atoms with Crippen LogP contribution in [-0.2, 0) is 11.3 Å². The van der Waals surface area contributed by atoms with Gasteiger partial charge in [0, 0.05) is 46.8 Å². The van der Waals surface area contributed by atoms with Crippen molar-refractivity contribution in [1.82, 2.24) is 4.90 Å². The van der Waals surface area contributed by atoms with Gasteiger partial charge in [0.25, 0.3) is 0 Å². The lowest BCUT2D eigenvalue weighted by molar-refractivity contribution is -0.138. The molecule has 1 saturated heterocycles. The lowest BCUT2D eigenvalue weighted by Crippen LogP contribution is -2.53. The fraction of sp³-hybridized carbons (Fsp3) is 0.300. The molecular weight excluding hydrogens is 464 g/mol. The van der Waals surface area contributed by atoms with Crippen LogP contribution in [0.1, 0.15) is 12.0 Å². The first kappa shape index (κ1) is 19.8. The molecule has 2 aliphatic heterocycles. The van der Waals surface area contributed by atoms with Crippen molar-refractivity contribution in [3.63, 3.8) is 0 Å². The molecule has 0 aliphatic carbocycles. The van der Waals surface area contributed by atoms with E-state index in [-0.39, 0.29) is 31.7 Å². The molecule has 9 heteroatoms. The van der Waals surface area contributed by atoms with E-state index in [1.54, 1.807) is 21.9 Å². The average Bonchev–Trinajstić information content (AvgIpc) is 3.12. The second-order valence-electron chi connectivity index (χ2n) is 7.01. The molecule has 0 saturated carbocycles. The minimum absolute atomic E-state index is 0.0221. The Morgan fingerprint density at radius 1 is 1.17 bits per heavy atom. The Morgan fingerprint density at radius 3 is 2.55 bits per heavy atom. The van der Waals surface area contributed by atoms with E-state index >= 15 is 0 Å². The minimum atomic E-state index is -0.888. The van der Waals surface area contributed by atoms with Crippen LogP contribution in [-0.4, -0.2) is 41.9 Å². The van der Waals surface area contributed by atoms with Gasteiger partial charge in [-0.2, -0.15) is 0 Å². The van der Waals surface area contributed by atoms with Crippen LogP contribution >= 0.6 is 27.5 Å². The molecule has 0 radical (unpaired) electrons. The highest BCUT2D eigenvalue weighted by atomic mass is 79.9. The van der Waals surface area contributed by atoms with Crippen molar-refractivity contribution in [2.45, 2.75) is 13.0 Å². The number of carboxylic acid groups (broad SMARTS) is 1. The van der Waals surface area contributed by atoms with Crippen LogP contribution in [0.15, 0.2) is 40.9 Å². The Kier molecular flexibility index (Phi) is 5.56. The Labute approximate surface area is 180 Å². The summed E-state index contributed by atoms with van der Waals surface area (Å²) >= 11 is 9.77. The number of amides is 2. The summed E-state index contributed by atoms with van der Waals surface area (Å²) in [5.74, 6) is 0.0625. The van der Waals surface area contributed by atoms with Crippen molar-refractivity contribution in [3.05, 3.63) is 51.5 Å². The first-order valence-electron chi connectivity index (χ1n) is 9.02. The summed E-state index contributed by atoms with van der Waals surface area (Å²) in [4.78, 5) is 27.7. The number of rotatable bonds is 5. The highest BCUT2D eigenvalue weighted by Gasteiger charge is 2.34. The Morgan fingerprint density at radius 2 is 1.86 bits per heavy atom. The summed E-state index contributed by atoms with van der Waals surface area (Å²) in [6, 6.07) is 10.6. The smallest absolute Gasteiger partial charge is 0.324 e. The number of aliphatic carboxylic acids is 1. The standard InChI is InChI=1S/C20H18BrClN2O5/c21-14-1-3-15(4-2-14)24-9-12(5-19(25)26)8-23(20(24)27)10-13-6-17-18(7-16(13)22)29-11-28-17/h1-4,6-7,12H,5,8-11H2,(H,25,26). The zero-order chi connectivity index (χ0) is 20.5. The molecule has 1 unspecified atom stereocenters. The molecular formula is C20H18BrClN2O5. The molecule has 29 heavy (non-hydrogen) atoms. The molecule has 2 aliphatic rings. The van der Waals surface area contributed by atoms with Crippen LogP contribution in [0, 0.1) is 5.92 Å². The summed E-state index contributed by atoms with van der Waals surface area (Å²) in [6.07, 6.45) is -0.0221. The number of carbonyl (C=O) groups is 2. The summed E-state index contributed by atoms with van der Waals surface area (Å²) in [5.41, 5.74) is 1.44.